The molecule has 0 amide bonds. The Morgan fingerprint density at radius 1 is 1.38 bits per heavy atom. The molecule has 1 unspecified atom stereocenters. The highest BCUT2D eigenvalue weighted by atomic mass is 32.2. The van der Waals surface area contributed by atoms with Gasteiger partial charge in [-0.05, 0) is 37.0 Å². The Kier molecular flexibility index (Phi) is 6.09. The minimum atomic E-state index is -1.42. The van der Waals surface area contributed by atoms with Gasteiger partial charge in [0.1, 0.15) is 24.0 Å². The summed E-state index contributed by atoms with van der Waals surface area (Å²) >= 11 is -1.42. The number of ether oxygens (including phenoxy) is 1. The summed E-state index contributed by atoms with van der Waals surface area (Å²) in [7, 11) is 1.75. The molecule has 2 atom stereocenters. The molecule has 0 saturated carbocycles. The van der Waals surface area contributed by atoms with Crippen molar-refractivity contribution in [3.63, 3.8) is 0 Å². The number of carbonyl (C=O) groups is 1. The average Bonchev–Trinajstić information content (AvgIpc) is 2.59. The second kappa shape index (κ2) is 8.14. The summed E-state index contributed by atoms with van der Waals surface area (Å²) in [5.74, 6) is -0.00892. The van der Waals surface area contributed by atoms with Crippen LogP contribution in [0.1, 0.15) is 24.0 Å². The number of piperidine rings is 1. The highest BCUT2D eigenvalue weighted by Crippen LogP contribution is 2.36. The van der Waals surface area contributed by atoms with Crippen LogP contribution in [0.2, 0.25) is 0 Å². The second-order valence-electron chi connectivity index (χ2n) is 7.09. The number of aromatic hydroxyl groups is 1. The maximum absolute atomic E-state index is 12.4. The minimum absolute atomic E-state index is 0.0357. The summed E-state index contributed by atoms with van der Waals surface area (Å²) < 4.78 is 19.3. The number of likely N-dealkylation sites (tertiary alicyclic amines) is 1. The topological polar surface area (TPSA) is 102 Å². The number of hydrogen-bond acceptors (Lipinski definition) is 7. The molecular formula is C18H27N3O4S. The zero-order valence-electron chi connectivity index (χ0n) is 15.3. The zero-order chi connectivity index (χ0) is 18.8. The largest absolute Gasteiger partial charge is 0.593 e. The van der Waals surface area contributed by atoms with Crippen molar-refractivity contribution in [1.82, 2.24) is 4.90 Å². The van der Waals surface area contributed by atoms with Gasteiger partial charge in [-0.15, -0.1) is 0 Å². The van der Waals surface area contributed by atoms with E-state index < -0.39 is 17.4 Å². The molecule has 0 aliphatic carbocycles. The lowest BCUT2D eigenvalue weighted by Gasteiger charge is -2.33. The monoisotopic (exact) mass is 381 g/mol. The van der Waals surface area contributed by atoms with Crippen LogP contribution in [-0.2, 0) is 27.4 Å². The van der Waals surface area contributed by atoms with Crippen molar-refractivity contribution >= 4 is 22.8 Å². The van der Waals surface area contributed by atoms with E-state index in [0.29, 0.717) is 11.8 Å². The third-order valence-electron chi connectivity index (χ3n) is 5.14. The Morgan fingerprint density at radius 2 is 2.08 bits per heavy atom. The van der Waals surface area contributed by atoms with E-state index in [0.717, 1.165) is 43.6 Å². The van der Waals surface area contributed by atoms with Crippen molar-refractivity contribution in [1.29, 1.82) is 0 Å². The molecule has 1 aromatic carbocycles. The first-order chi connectivity index (χ1) is 12.4. The van der Waals surface area contributed by atoms with Crippen molar-refractivity contribution in [2.45, 2.75) is 38.5 Å². The fourth-order valence-electron chi connectivity index (χ4n) is 3.66. The summed E-state index contributed by atoms with van der Waals surface area (Å²) in [6, 6.07) is 3.01. The summed E-state index contributed by atoms with van der Waals surface area (Å²) in [6.45, 7) is 4.50. The number of rotatable bonds is 4. The Morgan fingerprint density at radius 3 is 2.69 bits per heavy atom. The van der Waals surface area contributed by atoms with Gasteiger partial charge in [0.25, 0.3) is 0 Å². The Bertz CT molecular complexity index is 641. The van der Waals surface area contributed by atoms with Crippen LogP contribution >= 0.6 is 0 Å². The molecule has 2 aliphatic rings. The van der Waals surface area contributed by atoms with E-state index in [1.165, 1.54) is 4.31 Å². The molecule has 2 saturated heterocycles. The van der Waals surface area contributed by atoms with Gasteiger partial charge in [0, 0.05) is 26.7 Å². The quantitative estimate of drug-likeness (QED) is 0.740. The zero-order valence-corrected chi connectivity index (χ0v) is 16.1. The van der Waals surface area contributed by atoms with Crippen LogP contribution in [-0.4, -0.2) is 65.0 Å². The maximum Gasteiger partial charge on any atom is 0.178 e. The molecular weight excluding hydrogens is 354 g/mol. The first-order valence-electron chi connectivity index (χ1n) is 8.91. The van der Waals surface area contributed by atoms with E-state index in [2.05, 4.69) is 4.90 Å². The molecule has 26 heavy (non-hydrogen) atoms. The second-order valence-corrected chi connectivity index (χ2v) is 8.51. The van der Waals surface area contributed by atoms with E-state index in [-0.39, 0.29) is 23.8 Å². The Hall–Kier alpha value is -1.32. The normalized spacial score (nSPS) is 25.7. The maximum atomic E-state index is 12.4. The number of nitrogens with zero attached hydrogens (tertiary/aromatic N) is 2. The molecule has 144 valence electrons. The van der Waals surface area contributed by atoms with Crippen LogP contribution < -0.4 is 10.0 Å². The van der Waals surface area contributed by atoms with E-state index >= 15 is 0 Å². The number of methoxy groups -OCH3 is 1. The van der Waals surface area contributed by atoms with Crippen LogP contribution in [0, 0.1) is 6.92 Å². The summed E-state index contributed by atoms with van der Waals surface area (Å²) in [4.78, 5) is 14.3. The minimum Gasteiger partial charge on any atom is -0.593 e. The molecule has 3 N–H and O–H groups in total. The molecule has 8 heteroatoms. The molecule has 0 bridgehead atoms. The standard InChI is InChI=1S/C18H27N3O4S/c1-12-7-13(9-20-5-3-14(25-2)4-6-20)8-16(22)18(12)21-10-17(23)15(19)11-26(21)24/h7-8,14-15,22H,3-6,9-11,19H2,1-2H3/t15-,26?/m0/s1. The first kappa shape index (κ1) is 19.4. The van der Waals surface area contributed by atoms with Crippen molar-refractivity contribution in [3.05, 3.63) is 23.3 Å². The molecule has 7 nitrogen and oxygen atoms in total. The van der Waals surface area contributed by atoms with Gasteiger partial charge in [-0.25, -0.2) is 0 Å². The number of carbonyl (C=O) groups excluding carboxylic acids is 1. The lowest BCUT2D eigenvalue weighted by Crippen LogP contribution is -2.54. The fourth-order valence-corrected chi connectivity index (χ4v) is 5.04. The number of benzene rings is 1. The van der Waals surface area contributed by atoms with E-state index in [4.69, 9.17) is 10.5 Å². The molecule has 0 radical (unpaired) electrons. The highest BCUT2D eigenvalue weighted by molar-refractivity contribution is 7.93. The van der Waals surface area contributed by atoms with Gasteiger partial charge in [-0.2, -0.15) is 4.31 Å². The van der Waals surface area contributed by atoms with Crippen molar-refractivity contribution < 1.29 is 19.2 Å². The number of nitrogens with two attached hydrogens (primary N) is 1. The molecule has 1 aromatic rings. The Balaban J connectivity index is 1.73. The predicted octanol–water partition coefficient (Wildman–Crippen LogP) is 0.692. The molecule has 0 spiro atoms. The van der Waals surface area contributed by atoms with Crippen LogP contribution in [0.15, 0.2) is 12.1 Å². The predicted molar refractivity (Wildman–Crippen MR) is 101 cm³/mol. The van der Waals surface area contributed by atoms with Crippen molar-refractivity contribution in [2.24, 2.45) is 5.73 Å². The van der Waals surface area contributed by atoms with Gasteiger partial charge >= 0.3 is 0 Å². The van der Waals surface area contributed by atoms with Crippen LogP contribution in [0.5, 0.6) is 5.75 Å². The summed E-state index contributed by atoms with van der Waals surface area (Å²) in [6.07, 6.45) is 2.35. The molecule has 0 aromatic heterocycles. The lowest BCUT2D eigenvalue weighted by molar-refractivity contribution is -0.118. The van der Waals surface area contributed by atoms with E-state index in [1.807, 2.05) is 13.0 Å². The third kappa shape index (κ3) is 4.15. The van der Waals surface area contributed by atoms with Gasteiger partial charge in [0.05, 0.1) is 17.5 Å². The highest BCUT2D eigenvalue weighted by Gasteiger charge is 2.37. The molecule has 2 heterocycles. The Labute approximate surface area is 157 Å². The average molecular weight is 381 g/mol. The molecule has 2 fully saturated rings. The van der Waals surface area contributed by atoms with Crippen molar-refractivity contribution in [2.75, 3.05) is 36.8 Å². The van der Waals surface area contributed by atoms with Crippen LogP contribution in [0.4, 0.5) is 5.69 Å². The summed E-state index contributed by atoms with van der Waals surface area (Å²) in [5, 5.41) is 10.5. The van der Waals surface area contributed by atoms with Gasteiger partial charge in [0.2, 0.25) is 0 Å². The van der Waals surface area contributed by atoms with Crippen LogP contribution in [0.3, 0.4) is 0 Å². The number of ketones is 1. The van der Waals surface area contributed by atoms with Gasteiger partial charge < -0.3 is 20.1 Å². The van der Waals surface area contributed by atoms with Crippen molar-refractivity contribution in [3.8, 4) is 5.75 Å². The van der Waals surface area contributed by atoms with Gasteiger partial charge in [0.15, 0.2) is 11.5 Å². The third-order valence-corrected chi connectivity index (χ3v) is 6.59. The molecule has 3 rings (SSSR count). The summed E-state index contributed by atoms with van der Waals surface area (Å²) in [5.41, 5.74) is 7.96. The number of aryl methyl sites for hydroxylation is 1. The number of phenolic OH excluding ortho intramolecular Hbond substituents is 1. The first-order valence-corrected chi connectivity index (χ1v) is 10.2. The number of hydrogen-bond donors (Lipinski definition) is 2. The smallest absolute Gasteiger partial charge is 0.178 e. The van der Waals surface area contributed by atoms with Gasteiger partial charge in [-0.3, -0.25) is 9.69 Å². The van der Waals surface area contributed by atoms with Crippen LogP contribution in [0.25, 0.3) is 0 Å². The number of phenols is 1. The lowest BCUT2D eigenvalue weighted by atomic mass is 10.0. The fraction of sp³-hybridized carbons (Fsp3) is 0.611. The van der Waals surface area contributed by atoms with Gasteiger partial charge in [-0.1, -0.05) is 6.07 Å². The number of anilines is 1. The number of Topliss-reactive ketones (excluding diaryl/α,β-unsaturated/α-hetero) is 1. The SMILES string of the molecule is COC1CCN(Cc2cc(C)c(N3CC(=O)[C@@H](N)C[S+]3[O-])c(O)c2)CC1. The van der Waals surface area contributed by atoms with E-state index in [9.17, 15) is 14.5 Å². The molecule has 2 aliphatic heterocycles. The van der Waals surface area contributed by atoms with E-state index in [1.54, 1.807) is 13.2 Å².